The minimum absolute atomic E-state index is 0.287. The third-order valence-electron chi connectivity index (χ3n) is 6.17. The van der Waals surface area contributed by atoms with E-state index in [0.717, 1.165) is 34.0 Å². The lowest BCUT2D eigenvalue weighted by atomic mass is 9.69. The van der Waals surface area contributed by atoms with Crippen molar-refractivity contribution >= 4 is 41.0 Å². The van der Waals surface area contributed by atoms with Gasteiger partial charge < -0.3 is 4.90 Å². The SMILES string of the molecule is Cc1ccc(N2C(=O)NC(=O)[C@@]3(Cc4ccccc4N4CCSC[C@@H]43)C2=O)cc1. The summed E-state index contributed by atoms with van der Waals surface area (Å²) in [7, 11) is 0. The van der Waals surface area contributed by atoms with Gasteiger partial charge in [-0.25, -0.2) is 9.69 Å². The zero-order valence-corrected chi connectivity index (χ0v) is 16.9. The highest BCUT2D eigenvalue weighted by molar-refractivity contribution is 7.99. The molecule has 148 valence electrons. The van der Waals surface area contributed by atoms with Crippen molar-refractivity contribution in [3.63, 3.8) is 0 Å². The van der Waals surface area contributed by atoms with E-state index in [1.165, 1.54) is 0 Å². The van der Waals surface area contributed by atoms with Gasteiger partial charge in [-0.3, -0.25) is 14.9 Å². The number of barbiturate groups is 1. The number of carbonyl (C=O) groups is 3. The van der Waals surface area contributed by atoms with Crippen LogP contribution < -0.4 is 15.1 Å². The Hall–Kier alpha value is -2.80. The van der Waals surface area contributed by atoms with Gasteiger partial charge in [0.25, 0.3) is 5.91 Å². The number of rotatable bonds is 1. The van der Waals surface area contributed by atoms with Crippen molar-refractivity contribution in [2.45, 2.75) is 19.4 Å². The molecule has 1 N–H and O–H groups in total. The second kappa shape index (κ2) is 6.62. The Morgan fingerprint density at radius 1 is 1.07 bits per heavy atom. The summed E-state index contributed by atoms with van der Waals surface area (Å²) < 4.78 is 0. The summed E-state index contributed by atoms with van der Waals surface area (Å²) in [6.07, 6.45) is 0.297. The molecule has 5 rings (SSSR count). The largest absolute Gasteiger partial charge is 0.365 e. The average Bonchev–Trinajstić information content (AvgIpc) is 2.73. The molecule has 2 aromatic rings. The van der Waals surface area contributed by atoms with Gasteiger partial charge in [-0.05, 0) is 37.1 Å². The predicted octanol–water partition coefficient (Wildman–Crippen LogP) is 2.74. The number of nitrogens with zero attached hydrogens (tertiary/aromatic N) is 2. The zero-order valence-electron chi connectivity index (χ0n) is 16.1. The molecule has 0 bridgehead atoms. The Morgan fingerprint density at radius 3 is 2.62 bits per heavy atom. The molecule has 0 unspecified atom stereocenters. The molecule has 0 aromatic heterocycles. The lowest BCUT2D eigenvalue weighted by Gasteiger charge is -2.53. The van der Waals surface area contributed by atoms with Gasteiger partial charge in [0, 0.05) is 23.7 Å². The quantitative estimate of drug-likeness (QED) is 0.736. The summed E-state index contributed by atoms with van der Waals surface area (Å²) in [6.45, 7) is 2.72. The van der Waals surface area contributed by atoms with E-state index >= 15 is 0 Å². The Kier molecular flexibility index (Phi) is 4.17. The smallest absolute Gasteiger partial charge is 0.335 e. The van der Waals surface area contributed by atoms with E-state index < -0.39 is 23.3 Å². The standard InChI is InChI=1S/C22H21N3O3S/c1-14-6-8-16(9-7-14)25-20(27)22(19(26)23-21(25)28)12-15-4-2-3-5-17(15)24-10-11-29-13-18(22)24/h2-9,18H,10-13H2,1H3,(H,23,26,28)/t18-,22+/m1/s1. The van der Waals surface area contributed by atoms with E-state index in [1.54, 1.807) is 23.9 Å². The first kappa shape index (κ1) is 18.2. The van der Waals surface area contributed by atoms with Gasteiger partial charge in [-0.1, -0.05) is 35.9 Å². The molecule has 0 radical (unpaired) electrons. The number of nitrogens with one attached hydrogen (secondary N) is 1. The maximum atomic E-state index is 13.9. The van der Waals surface area contributed by atoms with Crippen molar-refractivity contribution in [3.05, 3.63) is 59.7 Å². The molecule has 2 fully saturated rings. The molecule has 7 heteroatoms. The number of imide groups is 2. The fourth-order valence-corrected chi connectivity index (χ4v) is 5.87. The van der Waals surface area contributed by atoms with Gasteiger partial charge in [0.2, 0.25) is 5.91 Å². The number of aryl methyl sites for hydroxylation is 1. The van der Waals surface area contributed by atoms with Crippen LogP contribution in [0.3, 0.4) is 0 Å². The van der Waals surface area contributed by atoms with E-state index in [2.05, 4.69) is 16.3 Å². The minimum Gasteiger partial charge on any atom is -0.365 e. The first-order chi connectivity index (χ1) is 14.0. The van der Waals surface area contributed by atoms with Gasteiger partial charge in [-0.15, -0.1) is 0 Å². The number of carbonyl (C=O) groups excluding carboxylic acids is 3. The number of thioether (sulfide) groups is 1. The molecule has 6 nitrogen and oxygen atoms in total. The van der Waals surface area contributed by atoms with E-state index in [4.69, 9.17) is 0 Å². The van der Waals surface area contributed by atoms with Crippen LogP contribution in [0.25, 0.3) is 0 Å². The molecule has 0 saturated carbocycles. The van der Waals surface area contributed by atoms with Gasteiger partial charge in [-0.2, -0.15) is 11.8 Å². The predicted molar refractivity (Wildman–Crippen MR) is 113 cm³/mol. The molecule has 3 aliphatic rings. The van der Waals surface area contributed by atoms with Crippen LogP contribution in [-0.2, 0) is 16.0 Å². The van der Waals surface area contributed by atoms with E-state index in [0.29, 0.717) is 17.9 Å². The maximum absolute atomic E-state index is 13.9. The third kappa shape index (κ3) is 2.60. The molecule has 2 saturated heterocycles. The van der Waals surface area contributed by atoms with Crippen LogP contribution in [-0.4, -0.2) is 41.9 Å². The Bertz CT molecular complexity index is 1020. The van der Waals surface area contributed by atoms with Crippen LogP contribution in [0.4, 0.5) is 16.2 Å². The molecule has 2 atom stereocenters. The highest BCUT2D eigenvalue weighted by Gasteiger charge is 2.62. The zero-order chi connectivity index (χ0) is 20.2. The highest BCUT2D eigenvalue weighted by atomic mass is 32.2. The van der Waals surface area contributed by atoms with Crippen LogP contribution in [0.5, 0.6) is 0 Å². The third-order valence-corrected chi connectivity index (χ3v) is 7.20. The summed E-state index contributed by atoms with van der Waals surface area (Å²) in [4.78, 5) is 43.2. The van der Waals surface area contributed by atoms with E-state index in [-0.39, 0.29) is 6.04 Å². The number of benzene rings is 2. The Labute approximate surface area is 173 Å². The molecule has 3 aliphatic heterocycles. The summed E-state index contributed by atoms with van der Waals surface area (Å²) in [5.41, 5.74) is 2.26. The fraction of sp³-hybridized carbons (Fsp3) is 0.318. The van der Waals surface area contributed by atoms with Crippen molar-refractivity contribution in [1.82, 2.24) is 5.32 Å². The fourth-order valence-electron chi connectivity index (χ4n) is 4.69. The van der Waals surface area contributed by atoms with Crippen LogP contribution in [0, 0.1) is 12.3 Å². The molecule has 4 amide bonds. The normalized spacial score (nSPS) is 26.2. The van der Waals surface area contributed by atoms with E-state index in [1.807, 2.05) is 37.3 Å². The molecule has 2 aromatic carbocycles. The number of hydrogen-bond donors (Lipinski definition) is 1. The molecule has 29 heavy (non-hydrogen) atoms. The molecular weight excluding hydrogens is 386 g/mol. The Balaban J connectivity index is 1.66. The highest BCUT2D eigenvalue weighted by Crippen LogP contribution is 2.47. The molecular formula is C22H21N3O3S. The van der Waals surface area contributed by atoms with Crippen molar-refractivity contribution in [1.29, 1.82) is 0 Å². The maximum Gasteiger partial charge on any atom is 0.335 e. The summed E-state index contributed by atoms with van der Waals surface area (Å²) in [6, 6.07) is 14.2. The number of amides is 4. The topological polar surface area (TPSA) is 69.7 Å². The number of para-hydroxylation sites is 1. The van der Waals surface area contributed by atoms with Gasteiger partial charge >= 0.3 is 6.03 Å². The van der Waals surface area contributed by atoms with Gasteiger partial charge in [0.1, 0.15) is 0 Å². The van der Waals surface area contributed by atoms with Crippen molar-refractivity contribution in [2.75, 3.05) is 27.9 Å². The summed E-state index contributed by atoms with van der Waals surface area (Å²) >= 11 is 1.75. The van der Waals surface area contributed by atoms with Crippen LogP contribution >= 0.6 is 11.8 Å². The van der Waals surface area contributed by atoms with E-state index in [9.17, 15) is 14.4 Å². The second-order valence-electron chi connectivity index (χ2n) is 7.80. The second-order valence-corrected chi connectivity index (χ2v) is 8.95. The first-order valence-electron chi connectivity index (χ1n) is 9.71. The first-order valence-corrected chi connectivity index (χ1v) is 10.9. The lowest BCUT2D eigenvalue weighted by Crippen LogP contribution is -2.73. The van der Waals surface area contributed by atoms with Crippen LogP contribution in [0.1, 0.15) is 11.1 Å². The lowest BCUT2D eigenvalue weighted by molar-refractivity contribution is -0.144. The monoisotopic (exact) mass is 407 g/mol. The molecule has 3 heterocycles. The molecule has 0 aliphatic carbocycles. The molecule has 1 spiro atoms. The van der Waals surface area contributed by atoms with Gasteiger partial charge in [0.05, 0.1) is 11.7 Å². The minimum atomic E-state index is -1.32. The number of anilines is 2. The van der Waals surface area contributed by atoms with Gasteiger partial charge in [0.15, 0.2) is 5.41 Å². The Morgan fingerprint density at radius 2 is 1.83 bits per heavy atom. The summed E-state index contributed by atoms with van der Waals surface area (Å²) in [5, 5.41) is 2.49. The van der Waals surface area contributed by atoms with Crippen molar-refractivity contribution in [2.24, 2.45) is 5.41 Å². The number of hydrogen-bond acceptors (Lipinski definition) is 5. The number of urea groups is 1. The summed E-state index contributed by atoms with van der Waals surface area (Å²) in [5.74, 6) is 0.700. The average molecular weight is 407 g/mol. The number of fused-ring (bicyclic) bond motifs is 4. The van der Waals surface area contributed by atoms with Crippen LogP contribution in [0.2, 0.25) is 0 Å². The van der Waals surface area contributed by atoms with Crippen LogP contribution in [0.15, 0.2) is 48.5 Å². The van der Waals surface area contributed by atoms with Crippen molar-refractivity contribution in [3.8, 4) is 0 Å². The van der Waals surface area contributed by atoms with Crippen molar-refractivity contribution < 1.29 is 14.4 Å².